The van der Waals surface area contributed by atoms with E-state index < -0.39 is 13.6 Å². The van der Waals surface area contributed by atoms with Crippen LogP contribution < -0.4 is 0 Å². The number of aliphatic hydroxyl groups excluding tert-OH is 2. The minimum atomic E-state index is -0.553. The lowest BCUT2D eigenvalue weighted by Gasteiger charge is -2.02. The minimum Gasteiger partial charge on any atom is -0.439 e. The summed E-state index contributed by atoms with van der Waals surface area (Å²) < 4.78 is 8.76. The molecule has 0 fully saturated rings. The number of carbonyl (C=O) groups excluding carboxylic acids is 2. The van der Waals surface area contributed by atoms with Gasteiger partial charge in [0.15, 0.2) is 13.6 Å². The molecule has 0 amide bonds. The van der Waals surface area contributed by atoms with Crippen molar-refractivity contribution in [3.8, 4) is 0 Å². The van der Waals surface area contributed by atoms with Crippen LogP contribution >= 0.6 is 0 Å². The molecule has 6 heteroatoms. The average molecular weight is 262 g/mol. The van der Waals surface area contributed by atoms with Crippen LogP contribution in [0, 0.1) is 0 Å². The first-order valence-corrected chi connectivity index (χ1v) is 6.23. The smallest absolute Gasteiger partial charge is 0.307 e. The summed E-state index contributed by atoms with van der Waals surface area (Å²) in [4.78, 5) is 21.7. The lowest BCUT2D eigenvalue weighted by molar-refractivity contribution is -0.153. The summed E-state index contributed by atoms with van der Waals surface area (Å²) in [5.41, 5.74) is 0. The van der Waals surface area contributed by atoms with Crippen LogP contribution in [0.1, 0.15) is 51.4 Å². The SMILES string of the molecule is O=C(CCCCCCCCC(=O)OCO)OCO. The minimum absolute atomic E-state index is 0.337. The highest BCUT2D eigenvalue weighted by molar-refractivity contribution is 5.69. The van der Waals surface area contributed by atoms with Gasteiger partial charge in [0.2, 0.25) is 0 Å². The Balaban J connectivity index is 3.16. The molecule has 2 N–H and O–H groups in total. The molecule has 0 spiro atoms. The van der Waals surface area contributed by atoms with E-state index in [1.807, 2.05) is 0 Å². The molecular formula is C12H22O6. The second-order valence-corrected chi connectivity index (χ2v) is 3.91. The third-order valence-electron chi connectivity index (χ3n) is 2.46. The summed E-state index contributed by atoms with van der Waals surface area (Å²) in [6.07, 6.45) is 6.05. The summed E-state index contributed by atoms with van der Waals surface area (Å²) in [6.45, 7) is -1.11. The van der Waals surface area contributed by atoms with E-state index >= 15 is 0 Å². The summed E-state index contributed by atoms with van der Waals surface area (Å²) in [7, 11) is 0. The van der Waals surface area contributed by atoms with Gasteiger partial charge in [-0.2, -0.15) is 0 Å². The predicted molar refractivity (Wildman–Crippen MR) is 63.3 cm³/mol. The van der Waals surface area contributed by atoms with Gasteiger partial charge in [0.05, 0.1) is 0 Å². The molecule has 106 valence electrons. The standard InChI is InChI=1S/C12H22O6/c13-9-17-11(15)7-5-3-1-2-4-6-8-12(16)18-10-14/h13-14H,1-10H2. The van der Waals surface area contributed by atoms with E-state index in [-0.39, 0.29) is 11.9 Å². The Morgan fingerprint density at radius 3 is 1.33 bits per heavy atom. The zero-order chi connectivity index (χ0) is 13.6. The zero-order valence-electron chi connectivity index (χ0n) is 10.6. The molecule has 0 saturated carbocycles. The average Bonchev–Trinajstić information content (AvgIpc) is 2.33. The second kappa shape index (κ2) is 12.3. The number of hydrogen-bond donors (Lipinski definition) is 2. The third-order valence-corrected chi connectivity index (χ3v) is 2.46. The number of ether oxygens (including phenoxy) is 2. The molecule has 0 aliphatic rings. The van der Waals surface area contributed by atoms with E-state index in [2.05, 4.69) is 9.47 Å². The third kappa shape index (κ3) is 11.3. The normalized spacial score (nSPS) is 10.1. The van der Waals surface area contributed by atoms with E-state index in [1.54, 1.807) is 0 Å². The molecule has 0 aliphatic heterocycles. The number of esters is 2. The molecular weight excluding hydrogens is 240 g/mol. The van der Waals surface area contributed by atoms with Crippen LogP contribution in [-0.2, 0) is 19.1 Å². The molecule has 0 aromatic heterocycles. The monoisotopic (exact) mass is 262 g/mol. The molecule has 0 atom stereocenters. The Morgan fingerprint density at radius 1 is 0.667 bits per heavy atom. The highest BCUT2D eigenvalue weighted by atomic mass is 16.6. The van der Waals surface area contributed by atoms with E-state index in [0.717, 1.165) is 38.5 Å². The topological polar surface area (TPSA) is 93.1 Å². The molecule has 0 saturated heterocycles. The van der Waals surface area contributed by atoms with Gasteiger partial charge in [0, 0.05) is 12.8 Å². The first-order chi connectivity index (χ1) is 8.70. The number of aliphatic hydroxyl groups is 2. The molecule has 0 rings (SSSR count). The molecule has 0 heterocycles. The van der Waals surface area contributed by atoms with Crippen LogP contribution in [0.4, 0.5) is 0 Å². The summed E-state index contributed by atoms with van der Waals surface area (Å²) in [6, 6.07) is 0. The van der Waals surface area contributed by atoms with Gasteiger partial charge < -0.3 is 19.7 Å². The van der Waals surface area contributed by atoms with Crippen molar-refractivity contribution in [2.45, 2.75) is 51.4 Å². The number of unbranched alkanes of at least 4 members (excludes halogenated alkanes) is 5. The van der Waals surface area contributed by atoms with Gasteiger partial charge >= 0.3 is 11.9 Å². The highest BCUT2D eigenvalue weighted by Gasteiger charge is 2.02. The largest absolute Gasteiger partial charge is 0.439 e. The van der Waals surface area contributed by atoms with Gasteiger partial charge in [-0.1, -0.05) is 25.7 Å². The quantitative estimate of drug-likeness (QED) is 0.329. The van der Waals surface area contributed by atoms with Crippen LogP contribution in [0.25, 0.3) is 0 Å². The maximum Gasteiger partial charge on any atom is 0.307 e. The molecule has 0 aromatic rings. The summed E-state index contributed by atoms with van der Waals surface area (Å²) >= 11 is 0. The van der Waals surface area contributed by atoms with E-state index in [0.29, 0.717) is 12.8 Å². The fraction of sp³-hybridized carbons (Fsp3) is 0.833. The highest BCUT2D eigenvalue weighted by Crippen LogP contribution is 2.09. The van der Waals surface area contributed by atoms with Crippen molar-refractivity contribution >= 4 is 11.9 Å². The zero-order valence-corrected chi connectivity index (χ0v) is 10.6. The Morgan fingerprint density at radius 2 is 1.00 bits per heavy atom. The van der Waals surface area contributed by atoms with Gasteiger partial charge in [0.1, 0.15) is 0 Å². The summed E-state index contributed by atoms with van der Waals surface area (Å²) in [5.74, 6) is -0.742. The van der Waals surface area contributed by atoms with Crippen molar-refractivity contribution in [3.05, 3.63) is 0 Å². The first kappa shape index (κ1) is 16.9. The van der Waals surface area contributed by atoms with Gasteiger partial charge in [-0.15, -0.1) is 0 Å². The van der Waals surface area contributed by atoms with Crippen molar-refractivity contribution in [1.82, 2.24) is 0 Å². The molecule has 0 aliphatic carbocycles. The van der Waals surface area contributed by atoms with E-state index in [9.17, 15) is 9.59 Å². The van der Waals surface area contributed by atoms with Crippen LogP contribution in [-0.4, -0.2) is 35.7 Å². The molecule has 0 radical (unpaired) electrons. The predicted octanol–water partition coefficient (Wildman–Crippen LogP) is 1.09. The number of hydrogen-bond acceptors (Lipinski definition) is 6. The van der Waals surface area contributed by atoms with Crippen molar-refractivity contribution in [2.75, 3.05) is 13.6 Å². The lowest BCUT2D eigenvalue weighted by Crippen LogP contribution is -2.05. The maximum absolute atomic E-state index is 10.9. The van der Waals surface area contributed by atoms with Crippen molar-refractivity contribution in [1.29, 1.82) is 0 Å². The van der Waals surface area contributed by atoms with E-state index in [4.69, 9.17) is 10.2 Å². The van der Waals surface area contributed by atoms with Crippen LogP contribution in [0.15, 0.2) is 0 Å². The maximum atomic E-state index is 10.9. The Labute approximate surface area is 107 Å². The molecule has 0 aromatic carbocycles. The summed E-state index contributed by atoms with van der Waals surface area (Å²) in [5, 5.41) is 16.6. The van der Waals surface area contributed by atoms with Gasteiger partial charge in [-0.05, 0) is 12.8 Å². The van der Waals surface area contributed by atoms with Crippen LogP contribution in [0.2, 0.25) is 0 Å². The van der Waals surface area contributed by atoms with Gasteiger partial charge in [0.25, 0.3) is 0 Å². The fourth-order valence-electron chi connectivity index (χ4n) is 1.53. The van der Waals surface area contributed by atoms with Crippen molar-refractivity contribution < 1.29 is 29.3 Å². The second-order valence-electron chi connectivity index (χ2n) is 3.91. The Hall–Kier alpha value is -1.14. The molecule has 18 heavy (non-hydrogen) atoms. The molecule has 0 bridgehead atoms. The van der Waals surface area contributed by atoms with E-state index in [1.165, 1.54) is 0 Å². The Kier molecular flexibility index (Phi) is 11.5. The lowest BCUT2D eigenvalue weighted by atomic mass is 10.1. The molecule has 6 nitrogen and oxygen atoms in total. The van der Waals surface area contributed by atoms with Crippen LogP contribution in [0.3, 0.4) is 0 Å². The van der Waals surface area contributed by atoms with Crippen molar-refractivity contribution in [2.24, 2.45) is 0 Å². The van der Waals surface area contributed by atoms with Gasteiger partial charge in [-0.3, -0.25) is 9.59 Å². The number of carbonyl (C=O) groups is 2. The molecule has 0 unspecified atom stereocenters. The van der Waals surface area contributed by atoms with Crippen LogP contribution in [0.5, 0.6) is 0 Å². The Bertz CT molecular complexity index is 205. The fourth-order valence-corrected chi connectivity index (χ4v) is 1.53. The number of rotatable bonds is 11. The van der Waals surface area contributed by atoms with Crippen molar-refractivity contribution in [3.63, 3.8) is 0 Å². The first-order valence-electron chi connectivity index (χ1n) is 6.23. The van der Waals surface area contributed by atoms with Gasteiger partial charge in [-0.25, -0.2) is 0 Å².